The number of hydrogen-bond acceptors (Lipinski definition) is 7. The Balaban J connectivity index is 1.67. The molecule has 0 bridgehead atoms. The van der Waals surface area contributed by atoms with Crippen molar-refractivity contribution in [2.24, 2.45) is 0 Å². The van der Waals surface area contributed by atoms with E-state index in [0.717, 1.165) is 48.2 Å². The van der Waals surface area contributed by atoms with Crippen molar-refractivity contribution < 1.29 is 0 Å². The molecule has 1 aliphatic heterocycles. The smallest absolute Gasteiger partial charge is 0.155 e. The van der Waals surface area contributed by atoms with Gasteiger partial charge in [0, 0.05) is 36.9 Å². The molecule has 7 heteroatoms. The first kappa shape index (κ1) is 15.4. The largest absolute Gasteiger partial charge is 0.348 e. The van der Waals surface area contributed by atoms with Gasteiger partial charge in [-0.15, -0.1) is 0 Å². The molecule has 1 N–H and O–H groups in total. The maximum atomic E-state index is 4.62. The molecule has 1 saturated heterocycles. The third-order valence-corrected chi connectivity index (χ3v) is 4.29. The first-order chi connectivity index (χ1) is 12.3. The van der Waals surface area contributed by atoms with Gasteiger partial charge < -0.3 is 10.2 Å². The van der Waals surface area contributed by atoms with Crippen LogP contribution in [0.2, 0.25) is 0 Å². The molecule has 0 saturated carbocycles. The van der Waals surface area contributed by atoms with Gasteiger partial charge >= 0.3 is 0 Å². The summed E-state index contributed by atoms with van der Waals surface area (Å²) >= 11 is 0. The molecule has 126 valence electrons. The summed E-state index contributed by atoms with van der Waals surface area (Å²) in [7, 11) is 0. The van der Waals surface area contributed by atoms with Gasteiger partial charge in [0.15, 0.2) is 5.82 Å². The van der Waals surface area contributed by atoms with Crippen molar-refractivity contribution in [1.29, 1.82) is 0 Å². The number of nitrogens with zero attached hydrogens (tertiary/aromatic N) is 6. The first-order valence-electron chi connectivity index (χ1n) is 8.35. The SMILES string of the molecule is Cc1cc(N2CCCC2c2nccnc2Nc2ccccn2)ncn1. The molecular formula is C18H19N7. The van der Waals surface area contributed by atoms with Gasteiger partial charge in [-0.2, -0.15) is 0 Å². The van der Waals surface area contributed by atoms with Gasteiger partial charge in [-0.25, -0.2) is 19.9 Å². The van der Waals surface area contributed by atoms with Crippen molar-refractivity contribution in [2.45, 2.75) is 25.8 Å². The second-order valence-corrected chi connectivity index (χ2v) is 6.00. The Morgan fingerprint density at radius 2 is 1.96 bits per heavy atom. The van der Waals surface area contributed by atoms with Gasteiger partial charge in [0.1, 0.15) is 23.7 Å². The highest BCUT2D eigenvalue weighted by molar-refractivity contribution is 5.56. The molecule has 1 fully saturated rings. The molecule has 0 radical (unpaired) electrons. The first-order valence-corrected chi connectivity index (χ1v) is 8.35. The normalized spacial score (nSPS) is 16.8. The number of aryl methyl sites for hydroxylation is 1. The van der Waals surface area contributed by atoms with Crippen LogP contribution < -0.4 is 10.2 Å². The number of aromatic nitrogens is 5. The van der Waals surface area contributed by atoms with E-state index >= 15 is 0 Å². The number of rotatable bonds is 4. The zero-order valence-corrected chi connectivity index (χ0v) is 14.0. The highest BCUT2D eigenvalue weighted by Gasteiger charge is 2.30. The van der Waals surface area contributed by atoms with Crippen LogP contribution in [0.1, 0.15) is 30.3 Å². The quantitative estimate of drug-likeness (QED) is 0.786. The van der Waals surface area contributed by atoms with Crippen LogP contribution in [0.5, 0.6) is 0 Å². The fourth-order valence-electron chi connectivity index (χ4n) is 3.17. The highest BCUT2D eigenvalue weighted by Crippen LogP contribution is 2.37. The van der Waals surface area contributed by atoms with Crippen LogP contribution in [0.25, 0.3) is 0 Å². The summed E-state index contributed by atoms with van der Waals surface area (Å²) in [4.78, 5) is 24.3. The van der Waals surface area contributed by atoms with E-state index in [4.69, 9.17) is 0 Å². The molecular weight excluding hydrogens is 314 g/mol. The summed E-state index contributed by atoms with van der Waals surface area (Å²) < 4.78 is 0. The van der Waals surface area contributed by atoms with Crippen molar-refractivity contribution in [1.82, 2.24) is 24.9 Å². The van der Waals surface area contributed by atoms with Crippen molar-refractivity contribution in [3.8, 4) is 0 Å². The third-order valence-electron chi connectivity index (χ3n) is 4.29. The molecule has 0 spiro atoms. The summed E-state index contributed by atoms with van der Waals surface area (Å²) in [5.41, 5.74) is 1.88. The Hall–Kier alpha value is -3.09. The van der Waals surface area contributed by atoms with Crippen molar-refractivity contribution >= 4 is 17.5 Å². The number of anilines is 3. The lowest BCUT2D eigenvalue weighted by molar-refractivity contribution is 0.684. The van der Waals surface area contributed by atoms with Gasteiger partial charge in [0.05, 0.1) is 6.04 Å². The van der Waals surface area contributed by atoms with Gasteiger partial charge in [-0.1, -0.05) is 6.07 Å². The Bertz CT molecular complexity index is 853. The van der Waals surface area contributed by atoms with Crippen LogP contribution in [0.15, 0.2) is 49.2 Å². The molecule has 4 heterocycles. The van der Waals surface area contributed by atoms with Gasteiger partial charge in [-0.05, 0) is 31.9 Å². The third kappa shape index (κ3) is 3.26. The van der Waals surface area contributed by atoms with Gasteiger partial charge in [-0.3, -0.25) is 4.98 Å². The van der Waals surface area contributed by atoms with Crippen molar-refractivity contribution in [2.75, 3.05) is 16.8 Å². The molecule has 1 unspecified atom stereocenters. The lowest BCUT2D eigenvalue weighted by atomic mass is 10.1. The second kappa shape index (κ2) is 6.80. The van der Waals surface area contributed by atoms with Crippen LogP contribution in [0.3, 0.4) is 0 Å². The molecule has 0 amide bonds. The second-order valence-electron chi connectivity index (χ2n) is 6.00. The summed E-state index contributed by atoms with van der Waals surface area (Å²) in [6.45, 7) is 2.92. The molecule has 4 rings (SSSR count). The fourth-order valence-corrected chi connectivity index (χ4v) is 3.17. The van der Waals surface area contributed by atoms with Crippen LogP contribution in [0.4, 0.5) is 17.5 Å². The number of nitrogens with one attached hydrogen (secondary N) is 1. The molecule has 7 nitrogen and oxygen atoms in total. The van der Waals surface area contributed by atoms with E-state index in [2.05, 4.69) is 35.1 Å². The minimum atomic E-state index is 0.134. The van der Waals surface area contributed by atoms with E-state index in [1.54, 1.807) is 24.9 Å². The predicted octanol–water partition coefficient (Wildman–Crippen LogP) is 3.06. The maximum absolute atomic E-state index is 4.62. The van der Waals surface area contributed by atoms with E-state index in [1.807, 2.05) is 31.2 Å². The van der Waals surface area contributed by atoms with Crippen molar-refractivity contribution in [3.05, 3.63) is 60.6 Å². The Kier molecular flexibility index (Phi) is 4.20. The molecule has 0 aliphatic carbocycles. The zero-order chi connectivity index (χ0) is 17.1. The zero-order valence-electron chi connectivity index (χ0n) is 14.0. The van der Waals surface area contributed by atoms with E-state index in [1.165, 1.54) is 0 Å². The molecule has 3 aromatic rings. The van der Waals surface area contributed by atoms with Gasteiger partial charge in [0.2, 0.25) is 0 Å². The summed E-state index contributed by atoms with van der Waals surface area (Å²) in [5.74, 6) is 2.43. The van der Waals surface area contributed by atoms with E-state index in [9.17, 15) is 0 Å². The molecule has 3 aromatic heterocycles. The predicted molar refractivity (Wildman–Crippen MR) is 95.6 cm³/mol. The average molecular weight is 333 g/mol. The lowest BCUT2D eigenvalue weighted by Gasteiger charge is -2.26. The fraction of sp³-hybridized carbons (Fsp3) is 0.278. The maximum Gasteiger partial charge on any atom is 0.155 e. The van der Waals surface area contributed by atoms with E-state index in [-0.39, 0.29) is 6.04 Å². The molecule has 1 aliphatic rings. The average Bonchev–Trinajstić information content (AvgIpc) is 3.13. The standard InChI is InChI=1S/C18H19N7/c1-13-11-16(23-12-22-13)25-10-4-5-14(25)17-18(21-9-8-20-17)24-15-6-2-3-7-19-15/h2-3,6-9,11-12,14H,4-5,10H2,1H3,(H,19,21,24). The summed E-state index contributed by atoms with van der Waals surface area (Å²) in [5, 5.41) is 3.29. The lowest BCUT2D eigenvalue weighted by Crippen LogP contribution is -2.25. The Morgan fingerprint density at radius 3 is 2.80 bits per heavy atom. The Labute approximate surface area is 146 Å². The van der Waals surface area contributed by atoms with Crippen LogP contribution >= 0.6 is 0 Å². The van der Waals surface area contributed by atoms with E-state index < -0.39 is 0 Å². The minimum Gasteiger partial charge on any atom is -0.348 e. The van der Waals surface area contributed by atoms with Gasteiger partial charge in [0.25, 0.3) is 0 Å². The summed E-state index contributed by atoms with van der Waals surface area (Å²) in [6, 6.07) is 7.89. The van der Waals surface area contributed by atoms with Crippen molar-refractivity contribution in [3.63, 3.8) is 0 Å². The Morgan fingerprint density at radius 1 is 1.04 bits per heavy atom. The monoisotopic (exact) mass is 333 g/mol. The van der Waals surface area contributed by atoms with Crippen LogP contribution in [-0.4, -0.2) is 31.5 Å². The van der Waals surface area contributed by atoms with E-state index in [0.29, 0.717) is 0 Å². The topological polar surface area (TPSA) is 79.7 Å². The molecule has 25 heavy (non-hydrogen) atoms. The van der Waals surface area contributed by atoms with Crippen LogP contribution in [0, 0.1) is 6.92 Å². The number of pyridine rings is 1. The number of hydrogen-bond donors (Lipinski definition) is 1. The highest BCUT2D eigenvalue weighted by atomic mass is 15.2. The van der Waals surface area contributed by atoms with Crippen LogP contribution in [-0.2, 0) is 0 Å². The molecule has 0 aromatic carbocycles. The summed E-state index contributed by atoms with van der Waals surface area (Å²) in [6.07, 6.45) is 8.91. The molecule has 1 atom stereocenters. The minimum absolute atomic E-state index is 0.134.